The summed E-state index contributed by atoms with van der Waals surface area (Å²) in [5.74, 6) is 2.53. The maximum Gasteiger partial charge on any atom is 0.495 e. The molecule has 1 aliphatic heterocycles. The van der Waals surface area contributed by atoms with Gasteiger partial charge in [-0.1, -0.05) is 47.5 Å². The number of nitrogens with zero attached hydrogens (tertiary/aromatic N) is 10. The van der Waals surface area contributed by atoms with Gasteiger partial charge in [0.25, 0.3) is 0 Å². The zero-order valence-corrected chi connectivity index (χ0v) is 45.8. The number of hydrogen-bond donors (Lipinski definition) is 4. The molecule has 1 fully saturated rings. The fourth-order valence-corrected chi connectivity index (χ4v) is 7.49. The summed E-state index contributed by atoms with van der Waals surface area (Å²) in [4.78, 5) is 48.5. The van der Waals surface area contributed by atoms with Crippen LogP contribution in [0.25, 0.3) is 11.4 Å². The molecule has 0 spiro atoms. The van der Waals surface area contributed by atoms with Crippen molar-refractivity contribution in [3.05, 3.63) is 99.0 Å². The van der Waals surface area contributed by atoms with E-state index in [-0.39, 0.29) is 17.4 Å². The van der Waals surface area contributed by atoms with Gasteiger partial charge in [-0.3, -0.25) is 9.36 Å². The van der Waals surface area contributed by atoms with Gasteiger partial charge in [-0.2, -0.15) is 20.2 Å². The molecule has 72 heavy (non-hydrogen) atoms. The average molecular weight is 1050 g/mol. The van der Waals surface area contributed by atoms with Crippen LogP contribution in [0.15, 0.2) is 61.4 Å². The maximum absolute atomic E-state index is 12.1. The predicted molar refractivity (Wildman–Crippen MR) is 280 cm³/mol. The fraction of sp³-hybridized carbons (Fsp3) is 0.458. The number of hydrogen-bond acceptors (Lipinski definition) is 16. The van der Waals surface area contributed by atoms with Gasteiger partial charge in [0.05, 0.1) is 23.3 Å². The van der Waals surface area contributed by atoms with Crippen LogP contribution in [0.5, 0.6) is 0 Å². The van der Waals surface area contributed by atoms with Crippen molar-refractivity contribution in [3.8, 4) is 11.4 Å². The number of aryl methyl sites for hydroxylation is 2. The minimum absolute atomic E-state index is 0.151. The molecule has 4 aromatic heterocycles. The second kappa shape index (κ2) is 23.2. The molecule has 7 rings (SSSR count). The molecule has 0 bridgehead atoms. The highest BCUT2D eigenvalue weighted by molar-refractivity contribution is 6.63. The number of nitrogens with one attached hydrogen (secondary N) is 4. The summed E-state index contributed by atoms with van der Waals surface area (Å²) in [7, 11) is 3.18. The number of alkyl carbamates (subject to hydrolysis) is 2. The summed E-state index contributed by atoms with van der Waals surface area (Å²) in [5, 5.41) is 21.2. The lowest BCUT2D eigenvalue weighted by molar-refractivity contribution is 0.00578. The molecule has 2 atom stereocenters. The SMILES string of the molecule is Cc1c(-c2ncnc(Nc3ccn(C)n3)n2)ccc([C@@H](C)NC(=O)OC(C)(C)C)c1Cl.Cc1c(B2OC(C)(C)C(C)(C)O2)ccc([C@@H](C)NC(=O)OC(C)(C)C)c1Cl.Cn1ccc(Nc2ncnc(Cl)n2)n1. The number of rotatable bonds is 10. The van der Waals surface area contributed by atoms with Crippen molar-refractivity contribution in [2.75, 3.05) is 10.6 Å². The van der Waals surface area contributed by atoms with Crippen LogP contribution >= 0.6 is 34.8 Å². The van der Waals surface area contributed by atoms with E-state index < -0.39 is 41.7 Å². The number of carbonyl (C=O) groups excluding carboxylic acids is 2. The van der Waals surface area contributed by atoms with E-state index in [4.69, 9.17) is 53.6 Å². The molecule has 20 nitrogen and oxygen atoms in total. The van der Waals surface area contributed by atoms with Crippen LogP contribution in [0.2, 0.25) is 15.3 Å². The molecular weight excluding hydrogens is 986 g/mol. The van der Waals surface area contributed by atoms with Gasteiger partial charge in [0.1, 0.15) is 23.9 Å². The van der Waals surface area contributed by atoms with Crippen molar-refractivity contribution in [1.29, 1.82) is 0 Å². The van der Waals surface area contributed by atoms with Crippen LogP contribution in [0.3, 0.4) is 0 Å². The zero-order valence-electron chi connectivity index (χ0n) is 43.6. The van der Waals surface area contributed by atoms with Crippen molar-refractivity contribution in [2.45, 2.75) is 131 Å². The first-order valence-electron chi connectivity index (χ1n) is 22.9. The lowest BCUT2D eigenvalue weighted by Crippen LogP contribution is -2.41. The van der Waals surface area contributed by atoms with Crippen LogP contribution in [0.4, 0.5) is 33.1 Å². The molecule has 1 saturated heterocycles. The zero-order chi connectivity index (χ0) is 53.5. The monoisotopic (exact) mass is 1050 g/mol. The van der Waals surface area contributed by atoms with Crippen molar-refractivity contribution in [2.24, 2.45) is 14.1 Å². The first-order chi connectivity index (χ1) is 33.4. The van der Waals surface area contributed by atoms with Gasteiger partial charge in [-0.15, -0.1) is 0 Å². The molecule has 2 amide bonds. The Hall–Kier alpha value is -6.13. The topological polar surface area (TPSA) is 232 Å². The molecule has 4 N–H and O–H groups in total. The smallest absolute Gasteiger partial charge is 0.444 e. The van der Waals surface area contributed by atoms with Gasteiger partial charge in [-0.05, 0) is 136 Å². The van der Waals surface area contributed by atoms with E-state index >= 15 is 0 Å². The summed E-state index contributed by atoms with van der Waals surface area (Å²) in [6, 6.07) is 10.6. The number of anilines is 4. The van der Waals surface area contributed by atoms with Crippen LogP contribution in [0, 0.1) is 13.8 Å². The van der Waals surface area contributed by atoms with Gasteiger partial charge in [0, 0.05) is 54.2 Å². The van der Waals surface area contributed by atoms with E-state index in [9.17, 15) is 9.59 Å². The Morgan fingerprint density at radius 2 is 1.10 bits per heavy atom. The van der Waals surface area contributed by atoms with E-state index in [1.165, 1.54) is 12.7 Å². The normalized spacial score (nSPS) is 14.7. The highest BCUT2D eigenvalue weighted by atomic mass is 35.5. The third-order valence-electron chi connectivity index (χ3n) is 11.0. The van der Waals surface area contributed by atoms with Crippen LogP contribution in [-0.4, -0.2) is 91.2 Å². The Balaban J connectivity index is 0.000000214. The van der Waals surface area contributed by atoms with Gasteiger partial charge in [-0.25, -0.2) is 29.5 Å². The number of benzene rings is 2. The van der Waals surface area contributed by atoms with E-state index in [2.05, 4.69) is 61.4 Å². The highest BCUT2D eigenvalue weighted by Gasteiger charge is 2.52. The summed E-state index contributed by atoms with van der Waals surface area (Å²) >= 11 is 18.9. The van der Waals surface area contributed by atoms with Crippen molar-refractivity contribution in [1.82, 2.24) is 60.1 Å². The lowest BCUT2D eigenvalue weighted by Gasteiger charge is -2.32. The molecule has 0 radical (unpaired) electrons. The second-order valence-corrected chi connectivity index (χ2v) is 21.0. The molecule has 1 aliphatic rings. The standard InChI is InChI=1S/C21H26ClN7O2.C20H31BClNO4.C7H7ClN6/c1-12-14(18-23-11-24-19(27-18)26-16-9-10-29(6)28-16)7-8-15(17(12)22)13(2)25-20(30)31-21(3,4)5;1-12-15(21-26-19(6,7)20(8,9)27-21)11-10-14(16(12)22)13(2)23-17(24)25-18(3,4)5;1-14-3-2-5(13-14)11-7-10-4-9-6(8)12-7/h7-11,13H,1-6H3,(H,25,30)(H,23,24,26,27,28);10-11,13H,1-9H3,(H,23,24);2-4H,1H3,(H,9,10,11,12,13)/t2*13-;/m11./s1. The minimum atomic E-state index is -0.576. The van der Waals surface area contributed by atoms with Crippen molar-refractivity contribution in [3.63, 3.8) is 0 Å². The number of halogens is 3. The molecule has 6 aromatic rings. The summed E-state index contributed by atoms with van der Waals surface area (Å²) < 4.78 is 26.3. The van der Waals surface area contributed by atoms with Crippen molar-refractivity contribution >= 4 is 83.1 Å². The molecular formula is C48H64BCl3N14O6. The highest BCUT2D eigenvalue weighted by Crippen LogP contribution is 2.38. The second-order valence-electron chi connectivity index (χ2n) is 19.9. The summed E-state index contributed by atoms with van der Waals surface area (Å²) in [6.07, 6.45) is 5.42. The third kappa shape index (κ3) is 15.7. The number of aromatic nitrogens is 10. The molecule has 0 saturated carbocycles. The quantitative estimate of drug-likeness (QED) is 0.0935. The first kappa shape index (κ1) is 56.8. The summed E-state index contributed by atoms with van der Waals surface area (Å²) in [6.45, 7) is 26.5. The third-order valence-corrected chi connectivity index (χ3v) is 12.2. The molecule has 5 heterocycles. The van der Waals surface area contributed by atoms with Crippen LogP contribution in [-0.2, 0) is 32.9 Å². The molecule has 2 aromatic carbocycles. The molecule has 386 valence electrons. The molecule has 0 aliphatic carbocycles. The Labute approximate surface area is 436 Å². The Bertz CT molecular complexity index is 2830. The Morgan fingerprint density at radius 1 is 0.653 bits per heavy atom. The molecule has 24 heteroatoms. The van der Waals surface area contributed by atoms with Crippen LogP contribution in [0.1, 0.15) is 117 Å². The minimum Gasteiger partial charge on any atom is -0.444 e. The van der Waals surface area contributed by atoms with Gasteiger partial charge >= 0.3 is 19.3 Å². The van der Waals surface area contributed by atoms with E-state index in [0.717, 1.165) is 33.3 Å². The number of ether oxygens (including phenoxy) is 2. The summed E-state index contributed by atoms with van der Waals surface area (Å²) in [5.41, 5.74) is 2.97. The molecule has 0 unspecified atom stereocenters. The fourth-order valence-electron chi connectivity index (χ4n) is 6.70. The van der Waals surface area contributed by atoms with Gasteiger partial charge < -0.3 is 40.0 Å². The Morgan fingerprint density at radius 3 is 1.54 bits per heavy atom. The largest absolute Gasteiger partial charge is 0.495 e. The number of amides is 2. The van der Waals surface area contributed by atoms with E-state index in [0.29, 0.717) is 39.4 Å². The van der Waals surface area contributed by atoms with Crippen LogP contribution < -0.4 is 26.7 Å². The van der Waals surface area contributed by atoms with E-state index in [1.54, 1.807) is 15.4 Å². The van der Waals surface area contributed by atoms with Crippen molar-refractivity contribution < 1.29 is 28.4 Å². The van der Waals surface area contributed by atoms with E-state index in [1.807, 2.05) is 154 Å². The van der Waals surface area contributed by atoms with Gasteiger partial charge in [0.2, 0.25) is 17.2 Å². The van der Waals surface area contributed by atoms with Gasteiger partial charge in [0.15, 0.2) is 17.5 Å². The number of carbonyl (C=O) groups is 2. The Kier molecular flexibility index (Phi) is 18.3. The first-order valence-corrected chi connectivity index (χ1v) is 24.0. The maximum atomic E-state index is 12.1. The average Bonchev–Trinajstić information content (AvgIpc) is 3.92. The lowest BCUT2D eigenvalue weighted by atomic mass is 9.75. The predicted octanol–water partition coefficient (Wildman–Crippen LogP) is 10.1.